The number of hydrogen-bond acceptors (Lipinski definition) is 3. The van der Waals surface area contributed by atoms with E-state index in [1.807, 2.05) is 38.6 Å². The van der Waals surface area contributed by atoms with E-state index in [4.69, 9.17) is 0 Å². The number of rotatable bonds is 3. The first-order valence-electron chi connectivity index (χ1n) is 6.16. The van der Waals surface area contributed by atoms with E-state index < -0.39 is 0 Å². The lowest BCUT2D eigenvalue weighted by Gasteiger charge is -2.09. The minimum Gasteiger partial charge on any atom is -0.379 e. The molecular formula is C14H20N4. The van der Waals surface area contributed by atoms with Crippen molar-refractivity contribution in [2.75, 3.05) is 5.32 Å². The first-order valence-corrected chi connectivity index (χ1v) is 6.16. The van der Waals surface area contributed by atoms with E-state index in [0.717, 1.165) is 29.3 Å². The summed E-state index contributed by atoms with van der Waals surface area (Å²) >= 11 is 0. The van der Waals surface area contributed by atoms with Gasteiger partial charge in [0.05, 0.1) is 17.1 Å². The fourth-order valence-corrected chi connectivity index (χ4v) is 2.13. The summed E-state index contributed by atoms with van der Waals surface area (Å²) in [5.74, 6) is 0. The van der Waals surface area contributed by atoms with Crippen molar-refractivity contribution in [2.45, 2.75) is 34.2 Å². The van der Waals surface area contributed by atoms with Crippen molar-refractivity contribution < 1.29 is 0 Å². The summed E-state index contributed by atoms with van der Waals surface area (Å²) < 4.78 is 1.92. The Balaban J connectivity index is 2.16. The zero-order valence-corrected chi connectivity index (χ0v) is 11.7. The van der Waals surface area contributed by atoms with Crippen LogP contribution in [0.3, 0.4) is 0 Å². The largest absolute Gasteiger partial charge is 0.379 e. The van der Waals surface area contributed by atoms with Gasteiger partial charge in [0.2, 0.25) is 0 Å². The molecule has 0 fully saturated rings. The van der Waals surface area contributed by atoms with Crippen LogP contribution in [0.15, 0.2) is 12.1 Å². The van der Waals surface area contributed by atoms with E-state index >= 15 is 0 Å². The van der Waals surface area contributed by atoms with Gasteiger partial charge in [0, 0.05) is 30.5 Å². The quantitative estimate of drug-likeness (QED) is 0.902. The number of nitrogens with one attached hydrogen (secondary N) is 1. The molecule has 18 heavy (non-hydrogen) atoms. The molecule has 0 spiro atoms. The van der Waals surface area contributed by atoms with Crippen LogP contribution in [0, 0.1) is 27.7 Å². The smallest absolute Gasteiger partial charge is 0.0646 e. The van der Waals surface area contributed by atoms with Gasteiger partial charge < -0.3 is 5.32 Å². The summed E-state index contributed by atoms with van der Waals surface area (Å²) in [4.78, 5) is 4.45. The Morgan fingerprint density at radius 3 is 2.39 bits per heavy atom. The molecule has 0 aliphatic rings. The van der Waals surface area contributed by atoms with Crippen LogP contribution in [0.5, 0.6) is 0 Å². The van der Waals surface area contributed by atoms with E-state index in [1.165, 1.54) is 11.3 Å². The Bertz CT molecular complexity index is 569. The molecule has 0 atom stereocenters. The molecule has 0 radical (unpaired) electrons. The van der Waals surface area contributed by atoms with Crippen molar-refractivity contribution in [3.63, 3.8) is 0 Å². The number of anilines is 1. The third-order valence-electron chi connectivity index (χ3n) is 3.34. The minimum atomic E-state index is 0.789. The van der Waals surface area contributed by atoms with Gasteiger partial charge in [0.15, 0.2) is 0 Å². The zero-order valence-electron chi connectivity index (χ0n) is 11.7. The Morgan fingerprint density at radius 1 is 1.11 bits per heavy atom. The molecule has 0 aromatic carbocycles. The van der Waals surface area contributed by atoms with Crippen LogP contribution in [-0.4, -0.2) is 14.8 Å². The normalized spacial score (nSPS) is 10.7. The maximum Gasteiger partial charge on any atom is 0.0646 e. The molecular weight excluding hydrogens is 224 g/mol. The second kappa shape index (κ2) is 4.80. The molecule has 4 heteroatoms. The highest BCUT2D eigenvalue weighted by Gasteiger charge is 2.09. The molecule has 0 saturated heterocycles. The van der Waals surface area contributed by atoms with Gasteiger partial charge >= 0.3 is 0 Å². The molecule has 1 N–H and O–H groups in total. The van der Waals surface area contributed by atoms with Crippen LogP contribution in [0.1, 0.15) is 28.3 Å². The van der Waals surface area contributed by atoms with E-state index in [0.29, 0.717) is 0 Å². The van der Waals surface area contributed by atoms with Gasteiger partial charge in [-0.25, -0.2) is 0 Å². The highest BCUT2D eigenvalue weighted by atomic mass is 15.3. The highest BCUT2D eigenvalue weighted by Crippen LogP contribution is 2.17. The van der Waals surface area contributed by atoms with E-state index in [-0.39, 0.29) is 0 Å². The van der Waals surface area contributed by atoms with Crippen molar-refractivity contribution in [1.82, 2.24) is 14.8 Å². The molecule has 0 aliphatic carbocycles. The lowest BCUT2D eigenvalue weighted by molar-refractivity contribution is 0.730. The fraction of sp³-hybridized carbons (Fsp3) is 0.429. The maximum atomic E-state index is 4.45. The molecule has 0 amide bonds. The van der Waals surface area contributed by atoms with Gasteiger partial charge in [-0.05, 0) is 39.8 Å². The lowest BCUT2D eigenvalue weighted by Crippen LogP contribution is -2.04. The molecule has 0 unspecified atom stereocenters. The Hall–Kier alpha value is -1.84. The van der Waals surface area contributed by atoms with Crippen molar-refractivity contribution in [2.24, 2.45) is 7.05 Å². The molecule has 0 bridgehead atoms. The highest BCUT2D eigenvalue weighted by molar-refractivity contribution is 5.48. The van der Waals surface area contributed by atoms with Crippen LogP contribution in [0.2, 0.25) is 0 Å². The Labute approximate surface area is 108 Å². The molecule has 0 aliphatic heterocycles. The zero-order chi connectivity index (χ0) is 13.3. The summed E-state index contributed by atoms with van der Waals surface area (Å²) in [5.41, 5.74) is 6.72. The van der Waals surface area contributed by atoms with Gasteiger partial charge in [-0.1, -0.05) is 0 Å². The van der Waals surface area contributed by atoms with Gasteiger partial charge in [-0.3, -0.25) is 9.67 Å². The molecule has 2 heterocycles. The first-order chi connectivity index (χ1) is 8.49. The Morgan fingerprint density at radius 2 is 1.83 bits per heavy atom. The van der Waals surface area contributed by atoms with Crippen LogP contribution in [0.4, 0.5) is 5.69 Å². The fourth-order valence-electron chi connectivity index (χ4n) is 2.13. The second-order valence-electron chi connectivity index (χ2n) is 4.71. The minimum absolute atomic E-state index is 0.789. The molecule has 96 valence electrons. The predicted molar refractivity (Wildman–Crippen MR) is 73.7 cm³/mol. The van der Waals surface area contributed by atoms with Crippen molar-refractivity contribution in [3.8, 4) is 0 Å². The number of aryl methyl sites for hydroxylation is 4. The van der Waals surface area contributed by atoms with Gasteiger partial charge in [0.1, 0.15) is 0 Å². The molecule has 0 saturated carbocycles. The lowest BCUT2D eigenvalue weighted by atomic mass is 10.2. The van der Waals surface area contributed by atoms with Crippen molar-refractivity contribution in [1.29, 1.82) is 0 Å². The summed E-state index contributed by atoms with van der Waals surface area (Å²) in [6.45, 7) is 8.96. The molecule has 2 rings (SSSR count). The average molecular weight is 244 g/mol. The third kappa shape index (κ3) is 2.37. The van der Waals surface area contributed by atoms with Crippen molar-refractivity contribution in [3.05, 3.63) is 40.5 Å². The summed E-state index contributed by atoms with van der Waals surface area (Å²) in [6, 6.07) is 4.11. The standard InChI is InChI=1S/C14H20N4/c1-9-6-7-14(11(3)16-9)15-8-13-10(2)17-18(5)12(13)4/h6-7,15H,8H2,1-5H3. The maximum absolute atomic E-state index is 4.45. The van der Waals surface area contributed by atoms with E-state index in [1.54, 1.807) is 0 Å². The predicted octanol–water partition coefficient (Wildman–Crippen LogP) is 2.66. The van der Waals surface area contributed by atoms with E-state index in [9.17, 15) is 0 Å². The summed E-state index contributed by atoms with van der Waals surface area (Å²) in [5, 5.41) is 7.86. The number of aromatic nitrogens is 3. The second-order valence-corrected chi connectivity index (χ2v) is 4.71. The molecule has 2 aromatic rings. The Kier molecular flexibility index (Phi) is 3.36. The molecule has 2 aromatic heterocycles. The molecule has 4 nitrogen and oxygen atoms in total. The third-order valence-corrected chi connectivity index (χ3v) is 3.34. The van der Waals surface area contributed by atoms with Crippen LogP contribution >= 0.6 is 0 Å². The van der Waals surface area contributed by atoms with Gasteiger partial charge in [0.25, 0.3) is 0 Å². The van der Waals surface area contributed by atoms with E-state index in [2.05, 4.69) is 28.4 Å². The number of pyridine rings is 1. The topological polar surface area (TPSA) is 42.7 Å². The SMILES string of the molecule is Cc1ccc(NCc2c(C)nn(C)c2C)c(C)n1. The van der Waals surface area contributed by atoms with Crippen LogP contribution in [0.25, 0.3) is 0 Å². The number of hydrogen-bond donors (Lipinski definition) is 1. The summed E-state index contributed by atoms with van der Waals surface area (Å²) in [7, 11) is 1.98. The first kappa shape index (κ1) is 12.6. The number of nitrogens with zero attached hydrogens (tertiary/aromatic N) is 3. The van der Waals surface area contributed by atoms with Gasteiger partial charge in [-0.15, -0.1) is 0 Å². The average Bonchev–Trinajstić information content (AvgIpc) is 2.53. The summed E-state index contributed by atoms with van der Waals surface area (Å²) in [6.07, 6.45) is 0. The van der Waals surface area contributed by atoms with Crippen LogP contribution < -0.4 is 5.32 Å². The monoisotopic (exact) mass is 244 g/mol. The van der Waals surface area contributed by atoms with Gasteiger partial charge in [-0.2, -0.15) is 5.10 Å². The van der Waals surface area contributed by atoms with Crippen molar-refractivity contribution >= 4 is 5.69 Å². The van der Waals surface area contributed by atoms with Crippen LogP contribution in [-0.2, 0) is 13.6 Å².